The monoisotopic (exact) mass is 392 g/mol. The largest absolute Gasteiger partial charge is 0.392 e. The molecule has 0 unspecified atom stereocenters. The lowest BCUT2D eigenvalue weighted by molar-refractivity contribution is 0.132. The highest BCUT2D eigenvalue weighted by atomic mass is 35.5. The summed E-state index contributed by atoms with van der Waals surface area (Å²) in [5.41, 5.74) is 0.695. The maximum Gasteiger partial charge on any atom is 0.244 e. The van der Waals surface area contributed by atoms with Gasteiger partial charge >= 0.3 is 0 Å². The first kappa shape index (κ1) is 18.4. The van der Waals surface area contributed by atoms with E-state index in [-0.39, 0.29) is 16.0 Å². The van der Waals surface area contributed by atoms with Crippen LogP contribution in [0, 0.1) is 6.92 Å². The number of nitrogens with zero attached hydrogens (tertiary/aromatic N) is 2. The predicted octanol–water partition coefficient (Wildman–Crippen LogP) is 2.52. The molecule has 5 nitrogen and oxygen atoms in total. The third kappa shape index (κ3) is 3.59. The van der Waals surface area contributed by atoms with Crippen LogP contribution in [0.3, 0.4) is 0 Å². The summed E-state index contributed by atoms with van der Waals surface area (Å²) in [5, 5.41) is 10.3. The van der Waals surface area contributed by atoms with Crippen molar-refractivity contribution in [1.82, 2.24) is 9.21 Å². The number of halogens is 2. The lowest BCUT2D eigenvalue weighted by Gasteiger charge is -2.36. The van der Waals surface area contributed by atoms with E-state index < -0.39 is 10.0 Å². The molecule has 24 heavy (non-hydrogen) atoms. The molecular formula is C16H22Cl2N2O3S. The molecular weight excluding hydrogens is 371 g/mol. The number of aliphatic hydroxyl groups is 1. The molecule has 8 heteroatoms. The third-order valence-corrected chi connectivity index (χ3v) is 7.74. The van der Waals surface area contributed by atoms with Crippen LogP contribution in [-0.2, 0) is 10.0 Å². The van der Waals surface area contributed by atoms with E-state index in [0.717, 1.165) is 25.8 Å². The van der Waals surface area contributed by atoms with Gasteiger partial charge in [0.15, 0.2) is 0 Å². The number of hydrogen-bond donors (Lipinski definition) is 1. The molecule has 2 aliphatic rings. The molecule has 0 saturated carbocycles. The van der Waals surface area contributed by atoms with Gasteiger partial charge in [0, 0.05) is 37.2 Å². The van der Waals surface area contributed by atoms with Gasteiger partial charge in [0.1, 0.15) is 4.90 Å². The zero-order chi connectivity index (χ0) is 17.5. The number of piperidine rings is 1. The Kier molecular flexibility index (Phi) is 5.45. The van der Waals surface area contributed by atoms with E-state index in [9.17, 15) is 13.5 Å². The molecule has 2 aliphatic heterocycles. The van der Waals surface area contributed by atoms with Gasteiger partial charge in [0.05, 0.1) is 11.1 Å². The second kappa shape index (κ2) is 7.09. The maximum atomic E-state index is 12.9. The molecule has 0 spiro atoms. The molecule has 3 rings (SSSR count). The van der Waals surface area contributed by atoms with Gasteiger partial charge in [-0.25, -0.2) is 8.42 Å². The number of likely N-dealkylation sites (tertiary alicyclic amines) is 1. The molecule has 0 aliphatic carbocycles. The lowest BCUT2D eigenvalue weighted by atomic mass is 10.1. The Hall–Kier alpha value is -0.370. The number of sulfonamides is 1. The fourth-order valence-corrected chi connectivity index (χ4v) is 5.79. The Morgan fingerprint density at radius 3 is 2.33 bits per heavy atom. The van der Waals surface area contributed by atoms with Crippen LogP contribution < -0.4 is 0 Å². The van der Waals surface area contributed by atoms with Crippen LogP contribution in [0.15, 0.2) is 17.0 Å². The molecule has 0 amide bonds. The van der Waals surface area contributed by atoms with Crippen molar-refractivity contribution < 1.29 is 13.5 Å². The number of β-amino-alcohol motifs (C(OH)–C–C–N with tert-alkyl or cyclic N) is 1. The van der Waals surface area contributed by atoms with Gasteiger partial charge in [-0.2, -0.15) is 4.31 Å². The molecule has 2 saturated heterocycles. The summed E-state index contributed by atoms with van der Waals surface area (Å²) in [6, 6.07) is 3.38. The van der Waals surface area contributed by atoms with Crippen LogP contribution in [-0.4, -0.2) is 61.1 Å². The molecule has 1 aromatic rings. The van der Waals surface area contributed by atoms with Gasteiger partial charge in [0.25, 0.3) is 0 Å². The minimum atomic E-state index is -3.61. The lowest BCUT2D eigenvalue weighted by Crippen LogP contribution is -2.46. The standard InChI is InChI=1S/C16H22Cl2N2O3S/c1-11-8-16(15(18)9-14(11)17)24(22,23)20-6-2-12(3-7-20)19-5-4-13(21)10-19/h8-9,12-13,21H,2-7,10H2,1H3/t13-/m1/s1. The third-order valence-electron chi connectivity index (χ3n) is 4.97. The van der Waals surface area contributed by atoms with Crippen molar-refractivity contribution in [2.75, 3.05) is 26.2 Å². The summed E-state index contributed by atoms with van der Waals surface area (Å²) in [7, 11) is -3.61. The average molecular weight is 393 g/mol. The van der Waals surface area contributed by atoms with Crippen molar-refractivity contribution in [3.05, 3.63) is 27.7 Å². The smallest absolute Gasteiger partial charge is 0.244 e. The molecule has 0 radical (unpaired) electrons. The summed E-state index contributed by atoms with van der Waals surface area (Å²) in [6.45, 7) is 4.29. The molecule has 1 aromatic carbocycles. The first-order chi connectivity index (χ1) is 11.3. The normalized spacial score (nSPS) is 24.6. The van der Waals surface area contributed by atoms with Gasteiger partial charge in [-0.1, -0.05) is 23.2 Å². The van der Waals surface area contributed by atoms with E-state index in [2.05, 4.69) is 4.90 Å². The summed E-state index contributed by atoms with van der Waals surface area (Å²) in [6.07, 6.45) is 2.10. The highest BCUT2D eigenvalue weighted by molar-refractivity contribution is 7.89. The summed E-state index contributed by atoms with van der Waals surface area (Å²) < 4.78 is 27.3. The van der Waals surface area contributed by atoms with Crippen LogP contribution in [0.1, 0.15) is 24.8 Å². The summed E-state index contributed by atoms with van der Waals surface area (Å²) >= 11 is 12.1. The zero-order valence-electron chi connectivity index (χ0n) is 13.6. The topological polar surface area (TPSA) is 60.9 Å². The van der Waals surface area contributed by atoms with Crippen LogP contribution in [0.25, 0.3) is 0 Å². The number of hydrogen-bond acceptors (Lipinski definition) is 4. The van der Waals surface area contributed by atoms with E-state index in [1.165, 1.54) is 10.4 Å². The van der Waals surface area contributed by atoms with Gasteiger partial charge in [-0.3, -0.25) is 4.90 Å². The first-order valence-electron chi connectivity index (χ1n) is 8.17. The second-order valence-electron chi connectivity index (χ2n) is 6.60. The number of rotatable bonds is 3. The van der Waals surface area contributed by atoms with Crippen LogP contribution in [0.5, 0.6) is 0 Å². The van der Waals surface area contributed by atoms with Crippen molar-refractivity contribution in [3.8, 4) is 0 Å². The van der Waals surface area contributed by atoms with Crippen LogP contribution in [0.4, 0.5) is 0 Å². The number of aryl methyl sites for hydroxylation is 1. The van der Waals surface area contributed by atoms with Crippen molar-refractivity contribution >= 4 is 33.2 Å². The zero-order valence-corrected chi connectivity index (χ0v) is 15.9. The predicted molar refractivity (Wildman–Crippen MR) is 95.2 cm³/mol. The Bertz CT molecular complexity index is 718. The number of benzene rings is 1. The highest BCUT2D eigenvalue weighted by Gasteiger charge is 2.35. The van der Waals surface area contributed by atoms with E-state index in [1.807, 2.05) is 0 Å². The minimum absolute atomic E-state index is 0.126. The van der Waals surface area contributed by atoms with Crippen molar-refractivity contribution in [2.45, 2.75) is 43.2 Å². The van der Waals surface area contributed by atoms with Gasteiger partial charge in [0.2, 0.25) is 10.0 Å². The Morgan fingerprint density at radius 1 is 1.08 bits per heavy atom. The van der Waals surface area contributed by atoms with Crippen LogP contribution in [0.2, 0.25) is 10.0 Å². The molecule has 1 atom stereocenters. The number of aliphatic hydroxyl groups excluding tert-OH is 1. The Morgan fingerprint density at radius 2 is 1.75 bits per heavy atom. The Labute approximate surface area is 153 Å². The molecule has 0 bridgehead atoms. The van der Waals surface area contributed by atoms with Gasteiger partial charge in [-0.15, -0.1) is 0 Å². The van der Waals surface area contributed by atoms with Gasteiger partial charge < -0.3 is 5.11 Å². The first-order valence-corrected chi connectivity index (χ1v) is 10.4. The van der Waals surface area contributed by atoms with Crippen molar-refractivity contribution in [3.63, 3.8) is 0 Å². The van der Waals surface area contributed by atoms with E-state index in [4.69, 9.17) is 23.2 Å². The van der Waals surface area contributed by atoms with Crippen molar-refractivity contribution in [1.29, 1.82) is 0 Å². The van der Waals surface area contributed by atoms with E-state index >= 15 is 0 Å². The Balaban J connectivity index is 1.72. The molecule has 2 heterocycles. The SMILES string of the molecule is Cc1cc(S(=O)(=O)N2CCC(N3CC[C@@H](O)C3)CC2)c(Cl)cc1Cl. The maximum absolute atomic E-state index is 12.9. The summed E-state index contributed by atoms with van der Waals surface area (Å²) in [4.78, 5) is 2.40. The van der Waals surface area contributed by atoms with Gasteiger partial charge in [-0.05, 0) is 43.9 Å². The summed E-state index contributed by atoms with van der Waals surface area (Å²) in [5.74, 6) is 0. The van der Waals surface area contributed by atoms with Crippen LogP contribution >= 0.6 is 23.2 Å². The fraction of sp³-hybridized carbons (Fsp3) is 0.625. The minimum Gasteiger partial charge on any atom is -0.392 e. The second-order valence-corrected chi connectivity index (χ2v) is 9.33. The van der Waals surface area contributed by atoms with E-state index in [0.29, 0.717) is 36.3 Å². The molecule has 1 N–H and O–H groups in total. The molecule has 0 aromatic heterocycles. The fourth-order valence-electron chi connectivity index (χ4n) is 3.51. The van der Waals surface area contributed by atoms with Crippen molar-refractivity contribution in [2.24, 2.45) is 0 Å². The molecule has 2 fully saturated rings. The highest BCUT2D eigenvalue weighted by Crippen LogP contribution is 2.32. The quantitative estimate of drug-likeness (QED) is 0.858. The molecule has 134 valence electrons. The average Bonchev–Trinajstić information content (AvgIpc) is 2.97. The van der Waals surface area contributed by atoms with E-state index in [1.54, 1.807) is 13.0 Å².